The van der Waals surface area contributed by atoms with E-state index in [1.807, 2.05) is 57.7 Å². The minimum atomic E-state index is 0.0154. The lowest BCUT2D eigenvalue weighted by atomic mass is 9.86. The molecule has 0 bridgehead atoms. The molecule has 2 amide bonds. The molecule has 1 aliphatic heterocycles. The summed E-state index contributed by atoms with van der Waals surface area (Å²) in [6.45, 7) is 4.42. The van der Waals surface area contributed by atoms with E-state index in [4.69, 9.17) is 0 Å². The van der Waals surface area contributed by atoms with Crippen LogP contribution in [-0.4, -0.2) is 57.2 Å². The number of hydrogen-bond donors (Lipinski definition) is 0. The van der Waals surface area contributed by atoms with Crippen LogP contribution in [0.4, 0.5) is 0 Å². The predicted molar refractivity (Wildman–Crippen MR) is 129 cm³/mol. The lowest BCUT2D eigenvalue weighted by Crippen LogP contribution is -2.50. The average molecular weight is 445 g/mol. The summed E-state index contributed by atoms with van der Waals surface area (Å²) in [5.74, 6) is 0.827. The van der Waals surface area contributed by atoms with Gasteiger partial charge < -0.3 is 9.80 Å². The molecule has 6 heteroatoms. The molecule has 0 N–H and O–H groups in total. The molecule has 1 saturated carbocycles. The molecule has 0 atom stereocenters. The number of pyridine rings is 1. The van der Waals surface area contributed by atoms with Gasteiger partial charge in [-0.3, -0.25) is 14.0 Å². The van der Waals surface area contributed by atoms with Gasteiger partial charge in [-0.1, -0.05) is 49.6 Å². The molecule has 1 aliphatic carbocycles. The lowest BCUT2D eigenvalue weighted by Gasteiger charge is -2.35. The van der Waals surface area contributed by atoms with Crippen LogP contribution >= 0.6 is 0 Å². The molecular weight excluding hydrogens is 412 g/mol. The number of aryl methyl sites for hydroxylation is 1. The standard InChI is InChI=1S/C27H32N4O2/c1-20-26(22-10-6-3-7-11-22)31-19-23(12-13-24(31)28-20)27(33)30-16-14-29(15-17-30)25(32)18-21-8-4-2-5-9-21/h3,6-7,10-13,19,21H,2,4-5,8-9,14-18H2,1H3. The summed E-state index contributed by atoms with van der Waals surface area (Å²) < 4.78 is 2.02. The molecule has 2 fully saturated rings. The fourth-order valence-corrected chi connectivity index (χ4v) is 5.34. The van der Waals surface area contributed by atoms with Crippen molar-refractivity contribution in [1.82, 2.24) is 19.2 Å². The van der Waals surface area contributed by atoms with Crippen molar-refractivity contribution in [1.29, 1.82) is 0 Å². The Labute approximate surface area is 195 Å². The van der Waals surface area contributed by atoms with E-state index in [1.165, 1.54) is 32.1 Å². The number of nitrogens with zero attached hydrogens (tertiary/aromatic N) is 4. The average Bonchev–Trinajstić information content (AvgIpc) is 3.19. The highest BCUT2D eigenvalue weighted by atomic mass is 16.2. The Morgan fingerprint density at radius 1 is 0.909 bits per heavy atom. The van der Waals surface area contributed by atoms with Crippen molar-refractivity contribution in [2.45, 2.75) is 45.4 Å². The van der Waals surface area contributed by atoms with Gasteiger partial charge in [-0.25, -0.2) is 4.98 Å². The number of fused-ring (bicyclic) bond motifs is 1. The van der Waals surface area contributed by atoms with Crippen molar-refractivity contribution in [3.63, 3.8) is 0 Å². The molecule has 6 nitrogen and oxygen atoms in total. The molecule has 0 unspecified atom stereocenters. The fraction of sp³-hybridized carbons (Fsp3) is 0.444. The molecule has 0 spiro atoms. The Morgan fingerprint density at radius 3 is 2.33 bits per heavy atom. The summed E-state index contributed by atoms with van der Waals surface area (Å²) in [5, 5.41) is 0. The summed E-state index contributed by atoms with van der Waals surface area (Å²) in [6.07, 6.45) is 8.77. The second-order valence-electron chi connectivity index (χ2n) is 9.44. The van der Waals surface area contributed by atoms with Gasteiger partial charge in [-0.2, -0.15) is 0 Å². The van der Waals surface area contributed by atoms with Crippen LogP contribution in [-0.2, 0) is 4.79 Å². The molecule has 3 heterocycles. The minimum Gasteiger partial charge on any atom is -0.339 e. The number of hydrogen-bond acceptors (Lipinski definition) is 3. The van der Waals surface area contributed by atoms with Crippen LogP contribution in [0, 0.1) is 12.8 Å². The molecule has 2 aromatic heterocycles. The maximum absolute atomic E-state index is 13.3. The number of amides is 2. The Kier molecular flexibility index (Phi) is 6.16. The van der Waals surface area contributed by atoms with E-state index >= 15 is 0 Å². The third kappa shape index (κ3) is 4.52. The normalized spacial score (nSPS) is 17.5. The Bertz CT molecular complexity index is 1140. The first-order valence-corrected chi connectivity index (χ1v) is 12.2. The number of aromatic nitrogens is 2. The van der Waals surface area contributed by atoms with E-state index in [9.17, 15) is 9.59 Å². The largest absolute Gasteiger partial charge is 0.339 e. The van der Waals surface area contributed by atoms with E-state index in [0.29, 0.717) is 44.1 Å². The molecule has 1 saturated heterocycles. The molecule has 33 heavy (non-hydrogen) atoms. The zero-order chi connectivity index (χ0) is 22.8. The molecular formula is C27H32N4O2. The topological polar surface area (TPSA) is 57.9 Å². The molecule has 172 valence electrons. The summed E-state index contributed by atoms with van der Waals surface area (Å²) in [5.41, 5.74) is 4.52. The highest BCUT2D eigenvalue weighted by molar-refractivity contribution is 5.94. The van der Waals surface area contributed by atoms with Gasteiger partial charge in [0.15, 0.2) is 0 Å². The third-order valence-corrected chi connectivity index (χ3v) is 7.19. The summed E-state index contributed by atoms with van der Waals surface area (Å²) in [6, 6.07) is 13.9. The van der Waals surface area contributed by atoms with Gasteiger partial charge in [0, 0.05) is 44.4 Å². The Hall–Kier alpha value is -3.15. The second-order valence-corrected chi connectivity index (χ2v) is 9.44. The first-order valence-electron chi connectivity index (χ1n) is 12.2. The SMILES string of the molecule is Cc1nc2ccc(C(=O)N3CCN(C(=O)CC4CCCCC4)CC3)cn2c1-c1ccccc1. The van der Waals surface area contributed by atoms with Crippen molar-refractivity contribution in [2.75, 3.05) is 26.2 Å². The quantitative estimate of drug-likeness (QED) is 0.593. The van der Waals surface area contributed by atoms with Gasteiger partial charge in [0.05, 0.1) is 17.0 Å². The summed E-state index contributed by atoms with van der Waals surface area (Å²) >= 11 is 0. The van der Waals surface area contributed by atoms with Crippen LogP contribution in [0.25, 0.3) is 16.9 Å². The van der Waals surface area contributed by atoms with Crippen molar-refractivity contribution in [3.05, 3.63) is 59.9 Å². The smallest absolute Gasteiger partial charge is 0.255 e. The van der Waals surface area contributed by atoms with Crippen LogP contribution in [0.15, 0.2) is 48.7 Å². The number of rotatable bonds is 4. The Balaban J connectivity index is 1.27. The summed E-state index contributed by atoms with van der Waals surface area (Å²) in [4.78, 5) is 34.5. The van der Waals surface area contributed by atoms with Crippen LogP contribution in [0.1, 0.15) is 54.6 Å². The lowest BCUT2D eigenvalue weighted by molar-refractivity contribution is -0.133. The van der Waals surface area contributed by atoms with Crippen molar-refractivity contribution in [3.8, 4) is 11.3 Å². The highest BCUT2D eigenvalue weighted by Crippen LogP contribution is 2.28. The van der Waals surface area contributed by atoms with Gasteiger partial charge in [-0.15, -0.1) is 0 Å². The minimum absolute atomic E-state index is 0.0154. The van der Waals surface area contributed by atoms with Gasteiger partial charge >= 0.3 is 0 Å². The molecule has 2 aliphatic rings. The van der Waals surface area contributed by atoms with E-state index in [0.717, 1.165) is 22.6 Å². The van der Waals surface area contributed by atoms with Crippen LogP contribution in [0.2, 0.25) is 0 Å². The molecule has 1 aromatic carbocycles. The van der Waals surface area contributed by atoms with Gasteiger partial charge in [0.1, 0.15) is 5.65 Å². The van der Waals surface area contributed by atoms with Crippen LogP contribution < -0.4 is 0 Å². The maximum atomic E-state index is 13.3. The number of carbonyl (C=O) groups is 2. The third-order valence-electron chi connectivity index (χ3n) is 7.19. The molecule has 3 aromatic rings. The number of imidazole rings is 1. The zero-order valence-corrected chi connectivity index (χ0v) is 19.4. The van der Waals surface area contributed by atoms with Crippen LogP contribution in [0.5, 0.6) is 0 Å². The fourth-order valence-electron chi connectivity index (χ4n) is 5.34. The zero-order valence-electron chi connectivity index (χ0n) is 19.4. The van der Waals surface area contributed by atoms with E-state index in [-0.39, 0.29) is 11.8 Å². The Morgan fingerprint density at radius 2 is 1.61 bits per heavy atom. The van der Waals surface area contributed by atoms with Gasteiger partial charge in [0.25, 0.3) is 5.91 Å². The number of piperazine rings is 1. The monoisotopic (exact) mass is 444 g/mol. The first-order chi connectivity index (χ1) is 16.1. The summed E-state index contributed by atoms with van der Waals surface area (Å²) in [7, 11) is 0. The highest BCUT2D eigenvalue weighted by Gasteiger charge is 2.27. The van der Waals surface area contributed by atoms with Crippen LogP contribution in [0.3, 0.4) is 0 Å². The second kappa shape index (κ2) is 9.38. The van der Waals surface area contributed by atoms with Crippen molar-refractivity contribution in [2.24, 2.45) is 5.92 Å². The first kappa shape index (κ1) is 21.7. The van der Waals surface area contributed by atoms with E-state index < -0.39 is 0 Å². The molecule has 5 rings (SSSR count). The van der Waals surface area contributed by atoms with Crippen molar-refractivity contribution >= 4 is 17.5 Å². The van der Waals surface area contributed by atoms with Gasteiger partial charge in [0.2, 0.25) is 5.91 Å². The number of benzene rings is 1. The maximum Gasteiger partial charge on any atom is 0.255 e. The molecule has 0 radical (unpaired) electrons. The van der Waals surface area contributed by atoms with E-state index in [2.05, 4.69) is 17.1 Å². The van der Waals surface area contributed by atoms with Gasteiger partial charge in [-0.05, 0) is 37.8 Å². The number of carbonyl (C=O) groups excluding carboxylic acids is 2. The van der Waals surface area contributed by atoms with E-state index in [1.54, 1.807) is 0 Å². The van der Waals surface area contributed by atoms with Crippen molar-refractivity contribution < 1.29 is 9.59 Å². The predicted octanol–water partition coefficient (Wildman–Crippen LogP) is 4.56.